The van der Waals surface area contributed by atoms with E-state index in [2.05, 4.69) is 15.6 Å². The van der Waals surface area contributed by atoms with Crippen LogP contribution in [0.1, 0.15) is 35.5 Å². The molecule has 2 heterocycles. The highest BCUT2D eigenvalue weighted by molar-refractivity contribution is 7.21. The number of hydrogen-bond donors (Lipinski definition) is 2. The zero-order valence-electron chi connectivity index (χ0n) is 18.2. The molecule has 0 radical (unpaired) electrons. The van der Waals surface area contributed by atoms with Crippen molar-refractivity contribution < 1.29 is 14.0 Å². The molecule has 6 nitrogen and oxygen atoms in total. The number of fused-ring (bicyclic) bond motifs is 1. The molecule has 4 rings (SSSR count). The van der Waals surface area contributed by atoms with Crippen LogP contribution in [-0.2, 0) is 11.3 Å². The van der Waals surface area contributed by atoms with Gasteiger partial charge in [-0.3, -0.25) is 9.59 Å². The van der Waals surface area contributed by atoms with E-state index in [0.717, 1.165) is 20.8 Å². The highest BCUT2D eigenvalue weighted by Crippen LogP contribution is 2.31. The lowest BCUT2D eigenvalue weighted by Crippen LogP contribution is -2.49. The predicted molar refractivity (Wildman–Crippen MR) is 126 cm³/mol. The Morgan fingerprint density at radius 3 is 2.62 bits per heavy atom. The minimum absolute atomic E-state index is 0.0707. The van der Waals surface area contributed by atoms with Crippen molar-refractivity contribution >= 4 is 33.4 Å². The summed E-state index contributed by atoms with van der Waals surface area (Å²) < 4.78 is 6.99. The van der Waals surface area contributed by atoms with Crippen molar-refractivity contribution in [2.24, 2.45) is 5.92 Å². The molecule has 0 aliphatic heterocycles. The summed E-state index contributed by atoms with van der Waals surface area (Å²) in [6.07, 6.45) is 0. The smallest absolute Gasteiger partial charge is 0.251 e. The van der Waals surface area contributed by atoms with Gasteiger partial charge < -0.3 is 15.1 Å². The van der Waals surface area contributed by atoms with Crippen molar-refractivity contribution in [1.29, 1.82) is 0 Å². The van der Waals surface area contributed by atoms with E-state index in [0.29, 0.717) is 17.1 Å². The van der Waals surface area contributed by atoms with E-state index in [4.69, 9.17) is 4.42 Å². The third-order valence-electron chi connectivity index (χ3n) is 5.12. The molecule has 1 atom stereocenters. The SMILES string of the molecule is Cc1cccc(C(=O)NC(C(=O)NCc2ccc(-c3nc4ccccc4s3)o2)C(C)C)c1. The van der Waals surface area contributed by atoms with Crippen molar-refractivity contribution in [2.75, 3.05) is 0 Å². The first-order chi connectivity index (χ1) is 15.4. The molecular weight excluding hydrogens is 422 g/mol. The van der Waals surface area contributed by atoms with Crippen LogP contribution in [0.15, 0.2) is 65.1 Å². The highest BCUT2D eigenvalue weighted by atomic mass is 32.1. The molecule has 0 bridgehead atoms. The highest BCUT2D eigenvalue weighted by Gasteiger charge is 2.25. The zero-order chi connectivity index (χ0) is 22.7. The number of carbonyl (C=O) groups excluding carboxylic acids is 2. The summed E-state index contributed by atoms with van der Waals surface area (Å²) in [5, 5.41) is 6.53. The Morgan fingerprint density at radius 1 is 1.06 bits per heavy atom. The topological polar surface area (TPSA) is 84.2 Å². The second-order valence-electron chi connectivity index (χ2n) is 8.04. The average Bonchev–Trinajstić information content (AvgIpc) is 3.42. The third kappa shape index (κ3) is 4.89. The quantitative estimate of drug-likeness (QED) is 0.420. The van der Waals surface area contributed by atoms with Gasteiger partial charge in [-0.2, -0.15) is 0 Å². The Labute approximate surface area is 190 Å². The van der Waals surface area contributed by atoms with Gasteiger partial charge in [0, 0.05) is 5.56 Å². The van der Waals surface area contributed by atoms with Gasteiger partial charge in [0.25, 0.3) is 5.91 Å². The lowest BCUT2D eigenvalue weighted by molar-refractivity contribution is -0.124. The number of thiazole rings is 1. The van der Waals surface area contributed by atoms with Crippen LogP contribution in [0, 0.1) is 12.8 Å². The molecule has 0 saturated carbocycles. The summed E-state index contributed by atoms with van der Waals surface area (Å²) in [5.74, 6) is 0.708. The molecule has 1 unspecified atom stereocenters. The Hall–Kier alpha value is -3.45. The summed E-state index contributed by atoms with van der Waals surface area (Å²) in [5.41, 5.74) is 2.46. The number of nitrogens with one attached hydrogen (secondary N) is 2. The van der Waals surface area contributed by atoms with E-state index in [9.17, 15) is 9.59 Å². The Bertz CT molecular complexity index is 1230. The van der Waals surface area contributed by atoms with E-state index < -0.39 is 6.04 Å². The Balaban J connectivity index is 1.40. The van der Waals surface area contributed by atoms with Crippen LogP contribution < -0.4 is 10.6 Å². The molecule has 0 fully saturated rings. The van der Waals surface area contributed by atoms with Crippen LogP contribution in [0.25, 0.3) is 21.0 Å². The van der Waals surface area contributed by atoms with E-state index in [-0.39, 0.29) is 24.3 Å². The molecule has 0 spiro atoms. The van der Waals surface area contributed by atoms with Crippen molar-refractivity contribution in [2.45, 2.75) is 33.4 Å². The minimum Gasteiger partial charge on any atom is -0.457 e. The van der Waals surface area contributed by atoms with Gasteiger partial charge in [-0.05, 0) is 49.2 Å². The first-order valence-electron chi connectivity index (χ1n) is 10.5. The number of aromatic nitrogens is 1. The number of aryl methyl sites for hydroxylation is 1. The standard InChI is InChI=1S/C25H25N3O3S/c1-15(2)22(28-23(29)17-8-6-7-16(3)13-17)24(30)26-14-18-11-12-20(31-18)25-27-19-9-4-5-10-21(19)32-25/h4-13,15,22H,14H2,1-3H3,(H,26,30)(H,28,29). The maximum absolute atomic E-state index is 12.8. The van der Waals surface area contributed by atoms with E-state index in [1.54, 1.807) is 23.5 Å². The molecule has 2 amide bonds. The van der Waals surface area contributed by atoms with Crippen molar-refractivity contribution in [3.63, 3.8) is 0 Å². The summed E-state index contributed by atoms with van der Waals surface area (Å²) in [7, 11) is 0. The molecule has 2 aromatic heterocycles. The maximum Gasteiger partial charge on any atom is 0.251 e. The minimum atomic E-state index is -0.651. The molecule has 4 aromatic rings. The van der Waals surface area contributed by atoms with Gasteiger partial charge in [-0.15, -0.1) is 11.3 Å². The summed E-state index contributed by atoms with van der Waals surface area (Å²) >= 11 is 1.56. The molecule has 0 aliphatic carbocycles. The van der Waals surface area contributed by atoms with Crippen LogP contribution in [-0.4, -0.2) is 22.8 Å². The maximum atomic E-state index is 12.8. The largest absolute Gasteiger partial charge is 0.457 e. The van der Waals surface area contributed by atoms with Crippen LogP contribution >= 0.6 is 11.3 Å². The number of rotatable bonds is 7. The number of benzene rings is 2. The van der Waals surface area contributed by atoms with E-state index in [1.165, 1.54) is 0 Å². The summed E-state index contributed by atoms with van der Waals surface area (Å²) in [6.45, 7) is 5.96. The normalized spacial score (nSPS) is 12.1. The van der Waals surface area contributed by atoms with E-state index in [1.807, 2.05) is 69.3 Å². The second kappa shape index (κ2) is 9.36. The molecule has 2 aromatic carbocycles. The molecule has 0 aliphatic rings. The van der Waals surface area contributed by atoms with Gasteiger partial charge >= 0.3 is 0 Å². The Kier molecular flexibility index (Phi) is 6.37. The second-order valence-corrected chi connectivity index (χ2v) is 9.07. The summed E-state index contributed by atoms with van der Waals surface area (Å²) in [6, 6.07) is 18.3. The number of amides is 2. The fraction of sp³-hybridized carbons (Fsp3) is 0.240. The van der Waals surface area contributed by atoms with Gasteiger partial charge in [0.1, 0.15) is 11.8 Å². The molecule has 32 heavy (non-hydrogen) atoms. The van der Waals surface area contributed by atoms with Crippen LogP contribution in [0.3, 0.4) is 0 Å². The number of furan rings is 1. The first kappa shape index (κ1) is 21.8. The van der Waals surface area contributed by atoms with E-state index >= 15 is 0 Å². The fourth-order valence-corrected chi connectivity index (χ4v) is 4.32. The van der Waals surface area contributed by atoms with Crippen LogP contribution in [0.5, 0.6) is 0 Å². The third-order valence-corrected chi connectivity index (χ3v) is 6.17. The molecule has 0 saturated heterocycles. The van der Waals surface area contributed by atoms with Gasteiger partial charge in [-0.1, -0.05) is 43.7 Å². The summed E-state index contributed by atoms with van der Waals surface area (Å²) in [4.78, 5) is 30.0. The van der Waals surface area contributed by atoms with Crippen molar-refractivity contribution in [1.82, 2.24) is 15.6 Å². The van der Waals surface area contributed by atoms with Crippen molar-refractivity contribution in [3.05, 3.63) is 77.6 Å². The lowest BCUT2D eigenvalue weighted by Gasteiger charge is -2.21. The number of para-hydroxylation sites is 1. The van der Waals surface area contributed by atoms with Crippen LogP contribution in [0.4, 0.5) is 0 Å². The number of hydrogen-bond acceptors (Lipinski definition) is 5. The zero-order valence-corrected chi connectivity index (χ0v) is 19.0. The lowest BCUT2D eigenvalue weighted by atomic mass is 10.0. The van der Waals surface area contributed by atoms with Gasteiger partial charge in [0.05, 0.1) is 16.8 Å². The molecule has 164 valence electrons. The first-order valence-corrected chi connectivity index (χ1v) is 11.3. The molecule has 2 N–H and O–H groups in total. The molecule has 7 heteroatoms. The van der Waals surface area contributed by atoms with Crippen LogP contribution in [0.2, 0.25) is 0 Å². The average molecular weight is 448 g/mol. The molecular formula is C25H25N3O3S. The predicted octanol–water partition coefficient (Wildman–Crippen LogP) is 4.94. The Morgan fingerprint density at radius 2 is 1.88 bits per heavy atom. The fourth-order valence-electron chi connectivity index (χ4n) is 3.40. The number of nitrogens with zero attached hydrogens (tertiary/aromatic N) is 1. The van der Waals surface area contributed by atoms with Gasteiger partial charge in [0.2, 0.25) is 5.91 Å². The van der Waals surface area contributed by atoms with Crippen molar-refractivity contribution in [3.8, 4) is 10.8 Å². The van der Waals surface area contributed by atoms with Gasteiger partial charge in [-0.25, -0.2) is 4.98 Å². The van der Waals surface area contributed by atoms with Gasteiger partial charge in [0.15, 0.2) is 10.8 Å². The monoisotopic (exact) mass is 447 g/mol. The number of carbonyl (C=O) groups is 2.